The van der Waals surface area contributed by atoms with E-state index in [1.54, 1.807) is 6.07 Å². The van der Waals surface area contributed by atoms with E-state index in [9.17, 15) is 9.59 Å². The largest absolute Gasteiger partial charge is 0.493 e. The Bertz CT molecular complexity index is 740. The molecule has 2 rings (SSSR count). The number of hydrogen-bond donors (Lipinski definition) is 2. The molecule has 0 saturated heterocycles. The van der Waals surface area contributed by atoms with Gasteiger partial charge in [0.2, 0.25) is 5.91 Å². The van der Waals surface area contributed by atoms with Gasteiger partial charge in [0.1, 0.15) is 12.3 Å². The minimum absolute atomic E-state index is 0.146. The van der Waals surface area contributed by atoms with E-state index in [1.165, 1.54) is 10.9 Å². The van der Waals surface area contributed by atoms with E-state index in [2.05, 4.69) is 10.4 Å². The summed E-state index contributed by atoms with van der Waals surface area (Å²) in [5.74, 6) is 0.114. The third kappa shape index (κ3) is 6.29. The van der Waals surface area contributed by atoms with Gasteiger partial charge in [0.25, 0.3) is 0 Å². The molecule has 0 atom stereocenters. The highest BCUT2D eigenvalue weighted by Crippen LogP contribution is 2.19. The number of carboxylic acids is 1. The van der Waals surface area contributed by atoms with Crippen LogP contribution in [0, 0.1) is 13.8 Å². The third-order valence-corrected chi connectivity index (χ3v) is 3.60. The molecule has 1 heterocycles. The SMILES string of the molecule is Cc1ccc(C)c(OCCCCC(=O)Nc2ccn(CC(=O)O)n2)c1. The normalized spacial score (nSPS) is 10.5. The van der Waals surface area contributed by atoms with Crippen LogP contribution in [0.2, 0.25) is 0 Å². The number of hydrogen-bond acceptors (Lipinski definition) is 4. The lowest BCUT2D eigenvalue weighted by molar-refractivity contribution is -0.137. The van der Waals surface area contributed by atoms with Gasteiger partial charge in [0, 0.05) is 18.7 Å². The second-order valence-corrected chi connectivity index (χ2v) is 5.91. The molecule has 0 radical (unpaired) electrons. The van der Waals surface area contributed by atoms with Crippen LogP contribution in [-0.4, -0.2) is 33.4 Å². The Morgan fingerprint density at radius 2 is 2.04 bits per heavy atom. The number of carbonyl (C=O) groups is 2. The van der Waals surface area contributed by atoms with Crippen molar-refractivity contribution >= 4 is 17.7 Å². The summed E-state index contributed by atoms with van der Waals surface area (Å²) < 4.78 is 7.01. The minimum Gasteiger partial charge on any atom is -0.493 e. The van der Waals surface area contributed by atoms with Gasteiger partial charge in [0.05, 0.1) is 6.61 Å². The zero-order valence-corrected chi connectivity index (χ0v) is 14.5. The van der Waals surface area contributed by atoms with Gasteiger partial charge in [-0.25, -0.2) is 0 Å². The molecule has 0 unspecified atom stereocenters. The van der Waals surface area contributed by atoms with Crippen LogP contribution in [-0.2, 0) is 16.1 Å². The van der Waals surface area contributed by atoms with E-state index < -0.39 is 5.97 Å². The third-order valence-electron chi connectivity index (χ3n) is 3.60. The number of aliphatic carboxylic acids is 1. The highest BCUT2D eigenvalue weighted by Gasteiger charge is 2.07. The summed E-state index contributed by atoms with van der Waals surface area (Å²) in [7, 11) is 0. The first kappa shape index (κ1) is 18.5. The van der Waals surface area contributed by atoms with E-state index >= 15 is 0 Å². The van der Waals surface area contributed by atoms with Crippen molar-refractivity contribution in [2.75, 3.05) is 11.9 Å². The standard InChI is InChI=1S/C18H23N3O4/c1-13-6-7-14(2)15(11-13)25-10-4-3-5-17(22)19-16-8-9-21(20-16)12-18(23)24/h6-9,11H,3-5,10,12H2,1-2H3,(H,23,24)(H,19,20,22). The Hall–Kier alpha value is -2.83. The topological polar surface area (TPSA) is 93.5 Å². The summed E-state index contributed by atoms with van der Waals surface area (Å²) in [4.78, 5) is 22.4. The number of carbonyl (C=O) groups excluding carboxylic acids is 1. The Kier molecular flexibility index (Phi) is 6.56. The number of nitrogens with zero attached hydrogens (tertiary/aromatic N) is 2. The fraction of sp³-hybridized carbons (Fsp3) is 0.389. The number of rotatable bonds is 9. The zero-order chi connectivity index (χ0) is 18.2. The van der Waals surface area contributed by atoms with E-state index in [1.807, 2.05) is 32.0 Å². The van der Waals surface area contributed by atoms with Gasteiger partial charge in [-0.05, 0) is 43.9 Å². The highest BCUT2D eigenvalue weighted by atomic mass is 16.5. The molecule has 0 saturated carbocycles. The van der Waals surface area contributed by atoms with Gasteiger partial charge in [0.15, 0.2) is 5.82 Å². The van der Waals surface area contributed by atoms with Crippen molar-refractivity contribution < 1.29 is 19.4 Å². The molecule has 7 nitrogen and oxygen atoms in total. The first-order valence-electron chi connectivity index (χ1n) is 8.19. The lowest BCUT2D eigenvalue weighted by Gasteiger charge is -2.09. The molecule has 0 aliphatic rings. The number of anilines is 1. The molecular formula is C18H23N3O4. The molecule has 134 valence electrons. The second-order valence-electron chi connectivity index (χ2n) is 5.91. The van der Waals surface area contributed by atoms with Gasteiger partial charge < -0.3 is 15.2 Å². The lowest BCUT2D eigenvalue weighted by atomic mass is 10.1. The van der Waals surface area contributed by atoms with Gasteiger partial charge >= 0.3 is 5.97 Å². The van der Waals surface area contributed by atoms with E-state index in [0.717, 1.165) is 23.3 Å². The minimum atomic E-state index is -0.982. The summed E-state index contributed by atoms with van der Waals surface area (Å²) in [5, 5.41) is 15.3. The van der Waals surface area contributed by atoms with Crippen LogP contribution in [0.25, 0.3) is 0 Å². The quantitative estimate of drug-likeness (QED) is 0.682. The van der Waals surface area contributed by atoms with Gasteiger partial charge in [-0.3, -0.25) is 14.3 Å². The van der Waals surface area contributed by atoms with Crippen LogP contribution in [0.5, 0.6) is 5.75 Å². The van der Waals surface area contributed by atoms with Crippen molar-refractivity contribution in [1.82, 2.24) is 9.78 Å². The Morgan fingerprint density at radius 3 is 2.80 bits per heavy atom. The van der Waals surface area contributed by atoms with Crippen LogP contribution in [0.1, 0.15) is 30.4 Å². The molecule has 0 aliphatic heterocycles. The number of aryl methyl sites for hydroxylation is 2. The monoisotopic (exact) mass is 345 g/mol. The molecule has 1 aromatic carbocycles. The molecule has 0 aliphatic carbocycles. The zero-order valence-electron chi connectivity index (χ0n) is 14.5. The van der Waals surface area contributed by atoms with Crippen molar-refractivity contribution in [3.05, 3.63) is 41.6 Å². The molecule has 2 aromatic rings. The Labute approximate surface area is 146 Å². The smallest absolute Gasteiger partial charge is 0.325 e. The van der Waals surface area contributed by atoms with Gasteiger partial charge in [-0.1, -0.05) is 12.1 Å². The Balaban J connectivity index is 1.66. The molecule has 0 spiro atoms. The molecule has 0 bridgehead atoms. The number of ether oxygens (including phenoxy) is 1. The number of nitrogens with one attached hydrogen (secondary N) is 1. The predicted octanol–water partition coefficient (Wildman–Crippen LogP) is 2.77. The predicted molar refractivity (Wildman–Crippen MR) is 93.8 cm³/mol. The average Bonchev–Trinajstić information content (AvgIpc) is 2.96. The van der Waals surface area contributed by atoms with Crippen LogP contribution in [0.3, 0.4) is 0 Å². The number of benzene rings is 1. The molecular weight excluding hydrogens is 322 g/mol. The highest BCUT2D eigenvalue weighted by molar-refractivity contribution is 5.89. The average molecular weight is 345 g/mol. The lowest BCUT2D eigenvalue weighted by Crippen LogP contribution is -2.14. The summed E-state index contributed by atoms with van der Waals surface area (Å²) in [6, 6.07) is 7.66. The number of carboxylic acid groups (broad SMARTS) is 1. The maximum absolute atomic E-state index is 11.9. The molecule has 7 heteroatoms. The van der Waals surface area contributed by atoms with Crippen molar-refractivity contribution in [3.63, 3.8) is 0 Å². The van der Waals surface area contributed by atoms with Crippen LogP contribution < -0.4 is 10.1 Å². The van der Waals surface area contributed by atoms with Crippen molar-refractivity contribution in [3.8, 4) is 5.75 Å². The van der Waals surface area contributed by atoms with Crippen molar-refractivity contribution in [2.24, 2.45) is 0 Å². The summed E-state index contributed by atoms with van der Waals surface area (Å²) >= 11 is 0. The molecule has 0 fully saturated rings. The number of aromatic nitrogens is 2. The number of amides is 1. The van der Waals surface area contributed by atoms with Crippen molar-refractivity contribution in [2.45, 2.75) is 39.7 Å². The van der Waals surface area contributed by atoms with Gasteiger partial charge in [-0.15, -0.1) is 0 Å². The fourth-order valence-electron chi connectivity index (χ4n) is 2.29. The second kappa shape index (κ2) is 8.86. The fourth-order valence-corrected chi connectivity index (χ4v) is 2.29. The van der Waals surface area contributed by atoms with Crippen LogP contribution in [0.4, 0.5) is 5.82 Å². The van der Waals surface area contributed by atoms with E-state index in [-0.39, 0.29) is 12.5 Å². The molecule has 2 N–H and O–H groups in total. The van der Waals surface area contributed by atoms with Gasteiger partial charge in [-0.2, -0.15) is 5.10 Å². The van der Waals surface area contributed by atoms with Crippen molar-refractivity contribution in [1.29, 1.82) is 0 Å². The molecule has 25 heavy (non-hydrogen) atoms. The molecule has 1 amide bonds. The van der Waals surface area contributed by atoms with Crippen LogP contribution in [0.15, 0.2) is 30.5 Å². The summed E-state index contributed by atoms with van der Waals surface area (Å²) in [5.41, 5.74) is 2.25. The molecule has 1 aromatic heterocycles. The van der Waals surface area contributed by atoms with E-state index in [4.69, 9.17) is 9.84 Å². The first-order valence-corrected chi connectivity index (χ1v) is 8.19. The van der Waals surface area contributed by atoms with E-state index in [0.29, 0.717) is 25.3 Å². The summed E-state index contributed by atoms with van der Waals surface area (Å²) in [6.07, 6.45) is 3.35. The first-order chi connectivity index (χ1) is 11.9. The maximum Gasteiger partial charge on any atom is 0.325 e. The maximum atomic E-state index is 11.9. The number of unbranched alkanes of at least 4 members (excludes halogenated alkanes) is 1. The van der Waals surface area contributed by atoms with Crippen LogP contribution >= 0.6 is 0 Å². The Morgan fingerprint density at radius 1 is 1.24 bits per heavy atom. The summed E-state index contributed by atoms with van der Waals surface area (Å²) in [6.45, 7) is 4.36.